The molecule has 6 rings (SSSR count). The number of hydrogen-bond acceptors (Lipinski definition) is 7. The number of nitrogens with one attached hydrogen (secondary N) is 2. The summed E-state index contributed by atoms with van der Waals surface area (Å²) in [6.07, 6.45) is 5.56. The zero-order valence-electron chi connectivity index (χ0n) is 20.9. The molecule has 1 atom stereocenters. The van der Waals surface area contributed by atoms with Crippen LogP contribution in [-0.4, -0.2) is 68.6 Å². The van der Waals surface area contributed by atoms with E-state index in [2.05, 4.69) is 20.0 Å². The van der Waals surface area contributed by atoms with Crippen LogP contribution < -0.4 is 10.2 Å². The third-order valence-electron chi connectivity index (χ3n) is 7.39. The highest BCUT2D eigenvalue weighted by Gasteiger charge is 2.30. The zero-order chi connectivity index (χ0) is 24.8. The number of pyridine rings is 1. The lowest BCUT2D eigenvalue weighted by atomic mass is 10.0. The number of piperidine rings is 1. The highest BCUT2D eigenvalue weighted by atomic mass is 19.1. The molecule has 2 aliphatic rings. The Morgan fingerprint density at radius 2 is 1.97 bits per heavy atom. The molecule has 0 unspecified atom stereocenters. The van der Waals surface area contributed by atoms with Crippen molar-refractivity contribution in [2.75, 3.05) is 37.7 Å². The monoisotopic (exact) mass is 490 g/mol. The molecule has 2 saturated heterocycles. The van der Waals surface area contributed by atoms with Crippen LogP contribution in [0.1, 0.15) is 37.2 Å². The molecule has 2 aliphatic heterocycles. The Hall–Kier alpha value is -3.37. The summed E-state index contributed by atoms with van der Waals surface area (Å²) in [7, 11) is 0. The predicted molar refractivity (Wildman–Crippen MR) is 137 cm³/mol. The van der Waals surface area contributed by atoms with E-state index in [0.717, 1.165) is 59.5 Å². The lowest BCUT2D eigenvalue weighted by Gasteiger charge is -2.34. The van der Waals surface area contributed by atoms with E-state index in [1.54, 1.807) is 6.20 Å². The number of halogens is 1. The van der Waals surface area contributed by atoms with Gasteiger partial charge >= 0.3 is 0 Å². The van der Waals surface area contributed by atoms with E-state index in [0.29, 0.717) is 43.1 Å². The number of aryl methyl sites for hydroxylation is 1. The van der Waals surface area contributed by atoms with Crippen molar-refractivity contribution in [1.29, 1.82) is 0 Å². The van der Waals surface area contributed by atoms with Gasteiger partial charge in [-0.1, -0.05) is 0 Å². The molecule has 4 aromatic heterocycles. The van der Waals surface area contributed by atoms with Gasteiger partial charge in [-0.05, 0) is 58.8 Å². The third-order valence-corrected chi connectivity index (χ3v) is 7.39. The zero-order valence-corrected chi connectivity index (χ0v) is 20.9. The molecular weight excluding hydrogens is 459 g/mol. The predicted octanol–water partition coefficient (Wildman–Crippen LogP) is 3.79. The first-order valence-electron chi connectivity index (χ1n) is 12.6. The Kier molecular flexibility index (Phi) is 5.93. The van der Waals surface area contributed by atoms with Gasteiger partial charge in [-0.2, -0.15) is 5.10 Å². The quantitative estimate of drug-likeness (QED) is 0.449. The Balaban J connectivity index is 1.56. The average Bonchev–Trinajstić information content (AvgIpc) is 3.49. The fraction of sp³-hybridized carbons (Fsp3) is 0.462. The molecule has 0 amide bonds. The molecule has 2 fully saturated rings. The second-order valence-corrected chi connectivity index (χ2v) is 9.72. The largest absolute Gasteiger partial charge is 0.377 e. The summed E-state index contributed by atoms with van der Waals surface area (Å²) in [5.74, 6) is 0.364. The van der Waals surface area contributed by atoms with E-state index in [1.807, 2.05) is 44.0 Å². The van der Waals surface area contributed by atoms with Crippen LogP contribution in [0.2, 0.25) is 0 Å². The number of anilines is 1. The number of aromatic amines is 1. The van der Waals surface area contributed by atoms with Gasteiger partial charge in [-0.3, -0.25) is 4.68 Å². The summed E-state index contributed by atoms with van der Waals surface area (Å²) in [6.45, 7) is 9.52. The molecule has 10 heteroatoms. The topological polar surface area (TPSA) is 96.8 Å². The van der Waals surface area contributed by atoms with Crippen LogP contribution in [0.5, 0.6) is 0 Å². The van der Waals surface area contributed by atoms with Crippen molar-refractivity contribution in [2.45, 2.75) is 45.7 Å². The number of H-pyrrole nitrogens is 1. The van der Waals surface area contributed by atoms with Crippen molar-refractivity contribution < 1.29 is 9.13 Å². The van der Waals surface area contributed by atoms with E-state index in [-0.39, 0.29) is 6.04 Å². The summed E-state index contributed by atoms with van der Waals surface area (Å²) in [5.41, 5.74) is 4.31. The van der Waals surface area contributed by atoms with Crippen molar-refractivity contribution in [3.8, 4) is 22.6 Å². The van der Waals surface area contributed by atoms with Crippen molar-refractivity contribution in [3.05, 3.63) is 41.7 Å². The molecule has 4 aromatic rings. The molecule has 6 heterocycles. The van der Waals surface area contributed by atoms with Crippen molar-refractivity contribution >= 4 is 16.9 Å². The lowest BCUT2D eigenvalue weighted by molar-refractivity contribution is 0.0981. The van der Waals surface area contributed by atoms with Crippen LogP contribution in [0.15, 0.2) is 24.5 Å². The first kappa shape index (κ1) is 23.1. The number of rotatable bonds is 4. The third kappa shape index (κ3) is 3.84. The first-order valence-corrected chi connectivity index (χ1v) is 12.6. The SMILES string of the molecule is Cc1nn(C2CCNCC2)c(C)c1-c1nc(-c2ccnc3[nH]ccc23)nc(N2CCOC[C@H]2C)c1F. The Morgan fingerprint density at radius 3 is 2.78 bits per heavy atom. The molecule has 0 radical (unpaired) electrons. The number of aromatic nitrogens is 6. The van der Waals surface area contributed by atoms with Gasteiger partial charge < -0.3 is 19.9 Å². The number of fused-ring (bicyclic) bond motifs is 1. The van der Waals surface area contributed by atoms with Gasteiger partial charge in [-0.15, -0.1) is 0 Å². The van der Waals surface area contributed by atoms with Gasteiger partial charge in [0.2, 0.25) is 0 Å². The van der Waals surface area contributed by atoms with Crippen LogP contribution in [0.3, 0.4) is 0 Å². The summed E-state index contributed by atoms with van der Waals surface area (Å²) in [5, 5.41) is 9.17. The number of ether oxygens (including phenoxy) is 1. The van der Waals surface area contributed by atoms with E-state index in [1.165, 1.54) is 0 Å². The second kappa shape index (κ2) is 9.25. The molecule has 0 saturated carbocycles. The van der Waals surface area contributed by atoms with Gasteiger partial charge in [0.1, 0.15) is 11.3 Å². The second-order valence-electron chi connectivity index (χ2n) is 9.72. The fourth-order valence-corrected chi connectivity index (χ4v) is 5.52. The fourth-order valence-electron chi connectivity index (χ4n) is 5.52. The molecule has 36 heavy (non-hydrogen) atoms. The standard InChI is InChI=1S/C26H31FN8O/c1-15-14-36-13-12-34(15)26-22(27)23(21-16(2)33-35(17(21)3)18-4-8-28-9-5-18)31-25(32-26)20-7-11-30-24-19(20)6-10-29-24/h6-7,10-11,15,18,28H,4-5,8-9,12-14H2,1-3H3,(H,29,30)/t15-/m1/s1. The van der Waals surface area contributed by atoms with Gasteiger partial charge in [0, 0.05) is 41.1 Å². The molecule has 0 aromatic carbocycles. The van der Waals surface area contributed by atoms with Crippen molar-refractivity contribution in [1.82, 2.24) is 35.0 Å². The summed E-state index contributed by atoms with van der Waals surface area (Å²) >= 11 is 0. The summed E-state index contributed by atoms with van der Waals surface area (Å²) in [6, 6.07) is 4.12. The van der Waals surface area contributed by atoms with E-state index in [4.69, 9.17) is 19.8 Å². The van der Waals surface area contributed by atoms with Crippen LogP contribution >= 0.6 is 0 Å². The molecule has 0 aliphatic carbocycles. The maximum atomic E-state index is 16.4. The van der Waals surface area contributed by atoms with Crippen molar-refractivity contribution in [2.24, 2.45) is 0 Å². The van der Waals surface area contributed by atoms with Gasteiger partial charge in [0.05, 0.1) is 31.0 Å². The number of hydrogen-bond donors (Lipinski definition) is 2. The molecular formula is C26H31FN8O. The lowest BCUT2D eigenvalue weighted by Crippen LogP contribution is -2.44. The van der Waals surface area contributed by atoms with Crippen LogP contribution in [0.4, 0.5) is 10.2 Å². The van der Waals surface area contributed by atoms with Gasteiger partial charge in [0.25, 0.3) is 0 Å². The van der Waals surface area contributed by atoms with Gasteiger partial charge in [0.15, 0.2) is 17.5 Å². The Morgan fingerprint density at radius 1 is 1.14 bits per heavy atom. The molecule has 2 N–H and O–H groups in total. The minimum absolute atomic E-state index is 0.00627. The molecule has 0 bridgehead atoms. The number of nitrogens with zero attached hydrogens (tertiary/aromatic N) is 6. The minimum atomic E-state index is -0.414. The highest BCUT2D eigenvalue weighted by Crippen LogP contribution is 2.37. The normalized spacial score (nSPS) is 19.3. The van der Waals surface area contributed by atoms with Crippen LogP contribution in [0, 0.1) is 19.7 Å². The molecule has 9 nitrogen and oxygen atoms in total. The maximum Gasteiger partial charge on any atom is 0.192 e. The Labute approximate surface area is 209 Å². The highest BCUT2D eigenvalue weighted by molar-refractivity contribution is 5.91. The first-order chi connectivity index (χ1) is 17.5. The molecule has 0 spiro atoms. The van der Waals surface area contributed by atoms with Crippen LogP contribution in [-0.2, 0) is 4.74 Å². The van der Waals surface area contributed by atoms with E-state index < -0.39 is 5.82 Å². The van der Waals surface area contributed by atoms with E-state index >= 15 is 4.39 Å². The van der Waals surface area contributed by atoms with Crippen LogP contribution in [0.25, 0.3) is 33.7 Å². The number of morpholine rings is 1. The van der Waals surface area contributed by atoms with Crippen molar-refractivity contribution in [3.63, 3.8) is 0 Å². The summed E-state index contributed by atoms with van der Waals surface area (Å²) in [4.78, 5) is 19.2. The smallest absolute Gasteiger partial charge is 0.192 e. The Bertz CT molecular complexity index is 1410. The maximum absolute atomic E-state index is 16.4. The summed E-state index contributed by atoms with van der Waals surface area (Å²) < 4.78 is 24.1. The molecule has 188 valence electrons. The van der Waals surface area contributed by atoms with E-state index in [9.17, 15) is 0 Å². The minimum Gasteiger partial charge on any atom is -0.377 e. The average molecular weight is 491 g/mol. The van der Waals surface area contributed by atoms with Gasteiger partial charge in [-0.25, -0.2) is 19.3 Å².